The van der Waals surface area contributed by atoms with Crippen molar-refractivity contribution in [1.82, 2.24) is 14.9 Å². The normalized spacial score (nSPS) is 13.1. The molecule has 1 aromatic heterocycles. The van der Waals surface area contributed by atoms with Crippen molar-refractivity contribution in [1.29, 1.82) is 0 Å². The number of benzene rings is 1. The molecular weight excluding hydrogens is 366 g/mol. The Morgan fingerprint density at radius 1 is 1.07 bits per heavy atom. The minimum absolute atomic E-state index is 0.104. The maximum Gasteiger partial charge on any atom is 0.328 e. The van der Waals surface area contributed by atoms with Crippen LogP contribution in [-0.4, -0.2) is 34.6 Å². The highest BCUT2D eigenvalue weighted by molar-refractivity contribution is 5.97. The summed E-state index contributed by atoms with van der Waals surface area (Å²) in [4.78, 5) is 29.5. The Balaban J connectivity index is 2.38. The molecule has 2 aromatic rings. The van der Waals surface area contributed by atoms with E-state index >= 15 is 0 Å². The molecule has 1 aromatic carbocycles. The zero-order valence-corrected chi connectivity index (χ0v) is 18.8. The minimum Gasteiger partial charge on any atom is -0.467 e. The van der Waals surface area contributed by atoms with E-state index in [0.717, 1.165) is 16.8 Å². The fourth-order valence-electron chi connectivity index (χ4n) is 2.99. The van der Waals surface area contributed by atoms with Gasteiger partial charge in [0.05, 0.1) is 13.4 Å². The van der Waals surface area contributed by atoms with Crippen LogP contribution in [0.2, 0.25) is 0 Å². The van der Waals surface area contributed by atoms with Crippen LogP contribution in [0, 0.1) is 0 Å². The summed E-state index contributed by atoms with van der Waals surface area (Å²) in [5.41, 5.74) is 3.33. The molecular formula is C23H33N3O3. The summed E-state index contributed by atoms with van der Waals surface area (Å²) in [7, 11) is 3.17. The predicted octanol–water partition coefficient (Wildman–Crippen LogP) is 3.53. The van der Waals surface area contributed by atoms with Crippen LogP contribution in [0.3, 0.4) is 0 Å². The van der Waals surface area contributed by atoms with E-state index in [9.17, 15) is 9.59 Å². The van der Waals surface area contributed by atoms with Crippen LogP contribution < -0.4 is 5.32 Å². The molecule has 1 atom stereocenters. The van der Waals surface area contributed by atoms with Gasteiger partial charge in [-0.2, -0.15) is 0 Å². The van der Waals surface area contributed by atoms with Gasteiger partial charge in [0.25, 0.3) is 5.91 Å². The first kappa shape index (κ1) is 22.7. The summed E-state index contributed by atoms with van der Waals surface area (Å²) >= 11 is 0. The van der Waals surface area contributed by atoms with Gasteiger partial charge < -0.3 is 14.6 Å². The van der Waals surface area contributed by atoms with Gasteiger partial charge in [-0.15, -0.1) is 0 Å². The van der Waals surface area contributed by atoms with Crippen LogP contribution >= 0.6 is 0 Å². The number of carbonyl (C=O) groups is 2. The Morgan fingerprint density at radius 3 is 2.03 bits per heavy atom. The zero-order chi connectivity index (χ0) is 22.0. The third-order valence-corrected chi connectivity index (χ3v) is 5.05. The standard InChI is InChI=1S/C23H33N3O3/c1-22(2,3)16-9-15(10-17(11-16)23(4,5)6)20(27)25-19(21(28)29-8)12-18-13-24-14-26(18)7/h9-11,13-14,19H,12H2,1-8H3,(H,25,27)/t19-/m0/s1. The van der Waals surface area contributed by atoms with E-state index in [0.29, 0.717) is 12.0 Å². The fourth-order valence-corrected chi connectivity index (χ4v) is 2.99. The molecule has 6 nitrogen and oxygen atoms in total. The number of nitrogens with zero attached hydrogens (tertiary/aromatic N) is 2. The van der Waals surface area contributed by atoms with Crippen molar-refractivity contribution < 1.29 is 14.3 Å². The molecule has 0 aliphatic heterocycles. The highest BCUT2D eigenvalue weighted by Crippen LogP contribution is 2.30. The first-order valence-electron chi connectivity index (χ1n) is 9.83. The number of carbonyl (C=O) groups excluding carboxylic acids is 2. The Bertz CT molecular complexity index is 853. The predicted molar refractivity (Wildman–Crippen MR) is 114 cm³/mol. The van der Waals surface area contributed by atoms with Crippen LogP contribution in [0.5, 0.6) is 0 Å². The van der Waals surface area contributed by atoms with Gasteiger partial charge in [0.15, 0.2) is 0 Å². The van der Waals surface area contributed by atoms with Gasteiger partial charge in [-0.3, -0.25) is 4.79 Å². The molecule has 2 rings (SSSR count). The Labute approximate surface area is 173 Å². The monoisotopic (exact) mass is 399 g/mol. The second-order valence-corrected chi connectivity index (χ2v) is 9.55. The number of hydrogen-bond donors (Lipinski definition) is 1. The molecule has 0 radical (unpaired) electrons. The van der Waals surface area contributed by atoms with Crippen LogP contribution in [0.1, 0.15) is 68.7 Å². The van der Waals surface area contributed by atoms with Gasteiger partial charge in [-0.05, 0) is 34.1 Å². The van der Waals surface area contributed by atoms with Gasteiger partial charge >= 0.3 is 5.97 Å². The number of imidazole rings is 1. The Morgan fingerprint density at radius 2 is 1.62 bits per heavy atom. The van der Waals surface area contributed by atoms with Gasteiger partial charge in [0.1, 0.15) is 6.04 Å². The van der Waals surface area contributed by atoms with Crippen molar-refractivity contribution in [2.45, 2.75) is 64.8 Å². The number of hydrogen-bond acceptors (Lipinski definition) is 4. The lowest BCUT2D eigenvalue weighted by Gasteiger charge is -2.26. The zero-order valence-electron chi connectivity index (χ0n) is 18.8. The third kappa shape index (κ3) is 5.68. The summed E-state index contributed by atoms with van der Waals surface area (Å²) in [6.45, 7) is 12.7. The van der Waals surface area contributed by atoms with E-state index in [1.807, 2.05) is 23.7 Å². The van der Waals surface area contributed by atoms with Crippen LogP contribution in [0.25, 0.3) is 0 Å². The molecule has 1 heterocycles. The van der Waals surface area contributed by atoms with Crippen molar-refractivity contribution in [3.05, 3.63) is 53.1 Å². The van der Waals surface area contributed by atoms with Crippen LogP contribution in [0.15, 0.2) is 30.7 Å². The molecule has 0 bridgehead atoms. The molecule has 0 spiro atoms. The fraction of sp³-hybridized carbons (Fsp3) is 0.522. The number of amides is 1. The first-order chi connectivity index (χ1) is 13.3. The van der Waals surface area contributed by atoms with Crippen LogP contribution in [-0.2, 0) is 33.8 Å². The molecule has 0 saturated heterocycles. The second kappa shape index (κ2) is 8.39. The van der Waals surface area contributed by atoms with E-state index in [2.05, 4.69) is 57.9 Å². The average molecular weight is 400 g/mol. The molecule has 0 saturated carbocycles. The molecule has 1 amide bonds. The molecule has 158 valence electrons. The van der Waals surface area contributed by atoms with Gasteiger partial charge in [-0.25, -0.2) is 9.78 Å². The highest BCUT2D eigenvalue weighted by Gasteiger charge is 2.26. The molecule has 0 fully saturated rings. The number of ether oxygens (including phenoxy) is 1. The summed E-state index contributed by atoms with van der Waals surface area (Å²) in [5, 5.41) is 2.85. The molecule has 0 aliphatic carbocycles. The molecule has 0 unspecified atom stereocenters. The lowest BCUT2D eigenvalue weighted by Crippen LogP contribution is -2.43. The van der Waals surface area contributed by atoms with E-state index in [-0.39, 0.29) is 16.7 Å². The summed E-state index contributed by atoms with van der Waals surface area (Å²) in [6.07, 6.45) is 3.65. The highest BCUT2D eigenvalue weighted by atomic mass is 16.5. The topological polar surface area (TPSA) is 73.2 Å². The molecule has 0 aliphatic rings. The summed E-state index contributed by atoms with van der Waals surface area (Å²) < 4.78 is 6.73. The Hall–Kier alpha value is -2.63. The quantitative estimate of drug-likeness (QED) is 0.781. The van der Waals surface area contributed by atoms with Crippen molar-refractivity contribution in [3.63, 3.8) is 0 Å². The first-order valence-corrected chi connectivity index (χ1v) is 9.83. The van der Waals surface area contributed by atoms with Crippen molar-refractivity contribution >= 4 is 11.9 Å². The van der Waals surface area contributed by atoms with E-state index < -0.39 is 12.0 Å². The maximum atomic E-state index is 13.1. The number of aryl methyl sites for hydroxylation is 1. The third-order valence-electron chi connectivity index (χ3n) is 5.05. The SMILES string of the molecule is COC(=O)[C@H](Cc1cncn1C)NC(=O)c1cc(C(C)(C)C)cc(C(C)(C)C)c1. The number of nitrogens with one attached hydrogen (secondary N) is 1. The smallest absolute Gasteiger partial charge is 0.328 e. The molecule has 29 heavy (non-hydrogen) atoms. The number of methoxy groups -OCH3 is 1. The van der Waals surface area contributed by atoms with E-state index in [1.165, 1.54) is 7.11 Å². The van der Waals surface area contributed by atoms with Gasteiger partial charge in [0.2, 0.25) is 0 Å². The lowest BCUT2D eigenvalue weighted by molar-refractivity contribution is -0.142. The largest absolute Gasteiger partial charge is 0.467 e. The number of aromatic nitrogens is 2. The lowest BCUT2D eigenvalue weighted by atomic mass is 9.79. The Kier molecular flexibility index (Phi) is 6.56. The van der Waals surface area contributed by atoms with Gasteiger partial charge in [0, 0.05) is 30.9 Å². The van der Waals surface area contributed by atoms with Crippen LogP contribution in [0.4, 0.5) is 0 Å². The van der Waals surface area contributed by atoms with Crippen molar-refractivity contribution in [2.75, 3.05) is 7.11 Å². The molecule has 6 heteroatoms. The van der Waals surface area contributed by atoms with E-state index in [4.69, 9.17) is 4.74 Å². The summed E-state index contributed by atoms with van der Waals surface area (Å²) in [6, 6.07) is 5.18. The van der Waals surface area contributed by atoms with Crippen molar-refractivity contribution in [3.8, 4) is 0 Å². The number of rotatable bonds is 5. The van der Waals surface area contributed by atoms with E-state index in [1.54, 1.807) is 12.5 Å². The maximum absolute atomic E-state index is 13.1. The van der Waals surface area contributed by atoms with Crippen molar-refractivity contribution in [2.24, 2.45) is 7.05 Å². The molecule has 1 N–H and O–H groups in total. The second-order valence-electron chi connectivity index (χ2n) is 9.55. The number of esters is 1. The average Bonchev–Trinajstić information content (AvgIpc) is 3.03. The minimum atomic E-state index is -0.792. The van der Waals surface area contributed by atoms with Gasteiger partial charge in [-0.1, -0.05) is 47.6 Å². The summed E-state index contributed by atoms with van der Waals surface area (Å²) in [5.74, 6) is -0.776.